The second-order valence-corrected chi connectivity index (χ2v) is 10.7. The zero-order valence-electron chi connectivity index (χ0n) is 19.6. The van der Waals surface area contributed by atoms with Gasteiger partial charge in [-0.05, 0) is 36.2 Å². The number of esters is 1. The molecule has 10 heteroatoms. The topological polar surface area (TPSA) is 110 Å². The van der Waals surface area contributed by atoms with E-state index in [-0.39, 0.29) is 22.2 Å². The van der Waals surface area contributed by atoms with E-state index < -0.39 is 34.5 Å². The van der Waals surface area contributed by atoms with E-state index >= 15 is 0 Å². The zero-order chi connectivity index (χ0) is 25.5. The summed E-state index contributed by atoms with van der Waals surface area (Å²) in [4.78, 5) is 37.8. The predicted octanol–water partition coefficient (Wildman–Crippen LogP) is 3.66. The number of ether oxygens (including phenoxy) is 1. The van der Waals surface area contributed by atoms with Crippen LogP contribution in [0.4, 0.5) is 0 Å². The molecule has 1 atom stereocenters. The average molecular weight is 553 g/mol. The maximum absolute atomic E-state index is 12.8. The van der Waals surface area contributed by atoms with Gasteiger partial charge in [-0.3, -0.25) is 9.59 Å². The molecule has 34 heavy (non-hydrogen) atoms. The molecular formula is C24H29BrN2O6S. The number of hydrogen-bond donors (Lipinski definition) is 1. The summed E-state index contributed by atoms with van der Waals surface area (Å²) >= 11 is 3.29. The maximum atomic E-state index is 12.8. The molecule has 0 radical (unpaired) electrons. The summed E-state index contributed by atoms with van der Waals surface area (Å²) in [5.41, 5.74) is 0.482. The Morgan fingerprint density at radius 2 is 1.62 bits per heavy atom. The second kappa shape index (κ2) is 12.2. The molecule has 1 amide bonds. The van der Waals surface area contributed by atoms with Crippen molar-refractivity contribution in [3.05, 3.63) is 64.1 Å². The van der Waals surface area contributed by atoms with Gasteiger partial charge >= 0.3 is 5.97 Å². The molecule has 0 aliphatic rings. The van der Waals surface area contributed by atoms with Crippen LogP contribution in [-0.4, -0.2) is 56.1 Å². The first-order chi connectivity index (χ1) is 16.0. The van der Waals surface area contributed by atoms with Gasteiger partial charge in [0.2, 0.25) is 10.0 Å². The number of benzene rings is 2. The number of amides is 1. The first-order valence-electron chi connectivity index (χ1n) is 10.9. The Bertz CT molecular complexity index is 1150. The molecule has 184 valence electrons. The number of carbonyl (C=O) groups is 3. The molecule has 2 rings (SSSR count). The third-order valence-electron chi connectivity index (χ3n) is 5.14. The molecule has 0 unspecified atom stereocenters. The van der Waals surface area contributed by atoms with Crippen molar-refractivity contribution in [3.8, 4) is 0 Å². The highest BCUT2D eigenvalue weighted by Crippen LogP contribution is 2.18. The lowest BCUT2D eigenvalue weighted by Gasteiger charge is -2.21. The fraction of sp³-hybridized carbons (Fsp3) is 0.375. The number of nitrogens with one attached hydrogen (secondary N) is 1. The Hall–Kier alpha value is -2.56. The van der Waals surface area contributed by atoms with E-state index in [1.165, 1.54) is 28.6 Å². The normalized spacial score (nSPS) is 12.4. The summed E-state index contributed by atoms with van der Waals surface area (Å²) in [7, 11) is -3.75. The molecule has 0 heterocycles. The molecule has 0 fully saturated rings. The molecule has 0 saturated carbocycles. The maximum Gasteiger partial charge on any atom is 0.329 e. The number of rotatable bonds is 11. The van der Waals surface area contributed by atoms with Gasteiger partial charge in [-0.2, -0.15) is 4.31 Å². The third kappa shape index (κ3) is 6.97. The first kappa shape index (κ1) is 27.7. The summed E-state index contributed by atoms with van der Waals surface area (Å²) in [6, 6.07) is 11.3. The standard InChI is InChI=1S/C24H29BrN2O6S/c1-5-27(6-2)34(31,32)20-12-8-10-18(14-20)23(29)26-22(16(3)4)24(30)33-15-21(28)17-9-7-11-19(25)13-17/h7-14,16,22H,5-6,15H2,1-4H3,(H,26,29)/t22-/m1/s1. The van der Waals surface area contributed by atoms with Crippen molar-refractivity contribution in [1.82, 2.24) is 9.62 Å². The van der Waals surface area contributed by atoms with Crippen LogP contribution in [0.5, 0.6) is 0 Å². The first-order valence-corrected chi connectivity index (χ1v) is 13.1. The van der Waals surface area contributed by atoms with Gasteiger partial charge in [0.1, 0.15) is 6.04 Å². The van der Waals surface area contributed by atoms with E-state index in [1.54, 1.807) is 52.0 Å². The molecule has 2 aromatic carbocycles. The highest BCUT2D eigenvalue weighted by molar-refractivity contribution is 9.10. The molecular weight excluding hydrogens is 524 g/mol. The summed E-state index contributed by atoms with van der Waals surface area (Å²) < 4.78 is 32.8. The minimum absolute atomic E-state index is 0.00728. The lowest BCUT2D eigenvalue weighted by Crippen LogP contribution is -2.45. The fourth-order valence-corrected chi connectivity index (χ4v) is 5.11. The molecule has 0 spiro atoms. The van der Waals surface area contributed by atoms with Crippen LogP contribution < -0.4 is 5.32 Å². The van der Waals surface area contributed by atoms with Crippen molar-refractivity contribution in [2.45, 2.75) is 38.6 Å². The molecule has 1 N–H and O–H groups in total. The highest BCUT2D eigenvalue weighted by atomic mass is 79.9. The number of nitrogens with zero attached hydrogens (tertiary/aromatic N) is 1. The van der Waals surface area contributed by atoms with E-state index in [0.717, 1.165) is 4.47 Å². The van der Waals surface area contributed by atoms with Crippen LogP contribution in [0.25, 0.3) is 0 Å². The average Bonchev–Trinajstić information content (AvgIpc) is 2.81. The van der Waals surface area contributed by atoms with Crippen LogP contribution in [-0.2, 0) is 19.6 Å². The molecule has 0 aromatic heterocycles. The fourth-order valence-electron chi connectivity index (χ4n) is 3.20. The van der Waals surface area contributed by atoms with Gasteiger partial charge in [0, 0.05) is 28.7 Å². The van der Waals surface area contributed by atoms with E-state index in [1.807, 2.05) is 0 Å². The largest absolute Gasteiger partial charge is 0.456 e. The Labute approximate surface area is 208 Å². The number of Topliss-reactive ketones (excluding diaryl/α,β-unsaturated/α-hetero) is 1. The van der Waals surface area contributed by atoms with Gasteiger partial charge < -0.3 is 10.1 Å². The monoisotopic (exact) mass is 552 g/mol. The van der Waals surface area contributed by atoms with E-state index in [2.05, 4.69) is 21.2 Å². The van der Waals surface area contributed by atoms with Crippen molar-refractivity contribution < 1.29 is 27.5 Å². The lowest BCUT2D eigenvalue weighted by atomic mass is 10.0. The number of carbonyl (C=O) groups excluding carboxylic acids is 3. The van der Waals surface area contributed by atoms with Crippen LogP contribution in [0, 0.1) is 5.92 Å². The Morgan fingerprint density at radius 3 is 2.21 bits per heavy atom. The predicted molar refractivity (Wildman–Crippen MR) is 132 cm³/mol. The van der Waals surface area contributed by atoms with Crippen LogP contribution in [0.1, 0.15) is 48.4 Å². The molecule has 2 aromatic rings. The van der Waals surface area contributed by atoms with Gasteiger partial charge in [0.05, 0.1) is 4.90 Å². The zero-order valence-corrected chi connectivity index (χ0v) is 22.0. The number of ketones is 1. The summed E-state index contributed by atoms with van der Waals surface area (Å²) in [5, 5.41) is 2.60. The van der Waals surface area contributed by atoms with Crippen molar-refractivity contribution in [1.29, 1.82) is 0 Å². The molecule has 0 saturated heterocycles. The van der Waals surface area contributed by atoms with Gasteiger partial charge in [-0.1, -0.05) is 61.8 Å². The van der Waals surface area contributed by atoms with Crippen LogP contribution in [0.2, 0.25) is 0 Å². The van der Waals surface area contributed by atoms with E-state index in [0.29, 0.717) is 18.7 Å². The van der Waals surface area contributed by atoms with Gasteiger partial charge in [-0.25, -0.2) is 13.2 Å². The third-order valence-corrected chi connectivity index (χ3v) is 7.68. The van der Waals surface area contributed by atoms with Gasteiger partial charge in [0.25, 0.3) is 5.91 Å². The van der Waals surface area contributed by atoms with Gasteiger partial charge in [-0.15, -0.1) is 0 Å². The minimum Gasteiger partial charge on any atom is -0.456 e. The van der Waals surface area contributed by atoms with Crippen LogP contribution in [0.15, 0.2) is 57.9 Å². The SMILES string of the molecule is CCN(CC)S(=O)(=O)c1cccc(C(=O)N[C@@H](C(=O)OCC(=O)c2cccc(Br)c2)C(C)C)c1. The van der Waals surface area contributed by atoms with E-state index in [9.17, 15) is 22.8 Å². The molecule has 0 bridgehead atoms. The molecule has 0 aliphatic heterocycles. The molecule has 8 nitrogen and oxygen atoms in total. The summed E-state index contributed by atoms with van der Waals surface area (Å²) in [5.74, 6) is -2.08. The van der Waals surface area contributed by atoms with Gasteiger partial charge in [0.15, 0.2) is 12.4 Å². The lowest BCUT2D eigenvalue weighted by molar-refractivity contribution is -0.145. The van der Waals surface area contributed by atoms with Crippen molar-refractivity contribution in [3.63, 3.8) is 0 Å². The van der Waals surface area contributed by atoms with Crippen molar-refractivity contribution in [2.24, 2.45) is 5.92 Å². The number of hydrogen-bond acceptors (Lipinski definition) is 6. The van der Waals surface area contributed by atoms with Crippen LogP contribution >= 0.6 is 15.9 Å². The summed E-state index contributed by atoms with van der Waals surface area (Å²) in [6.45, 7) is 7.05. The van der Waals surface area contributed by atoms with Crippen LogP contribution in [0.3, 0.4) is 0 Å². The quantitative estimate of drug-likeness (QED) is 0.336. The summed E-state index contributed by atoms with van der Waals surface area (Å²) in [6.07, 6.45) is 0. The number of sulfonamides is 1. The Kier molecular flexibility index (Phi) is 9.96. The molecule has 0 aliphatic carbocycles. The Balaban J connectivity index is 2.13. The van der Waals surface area contributed by atoms with Crippen molar-refractivity contribution in [2.75, 3.05) is 19.7 Å². The van der Waals surface area contributed by atoms with E-state index in [4.69, 9.17) is 4.74 Å². The highest BCUT2D eigenvalue weighted by Gasteiger charge is 2.28. The smallest absolute Gasteiger partial charge is 0.329 e. The Morgan fingerprint density at radius 1 is 1.00 bits per heavy atom. The minimum atomic E-state index is -3.75. The van der Waals surface area contributed by atoms with Crippen molar-refractivity contribution >= 4 is 43.6 Å². The number of halogens is 1. The second-order valence-electron chi connectivity index (χ2n) is 7.85.